The number of hydrogen-bond acceptors (Lipinski definition) is 3. The molecule has 0 aliphatic heterocycles. The molecule has 0 atom stereocenters. The predicted molar refractivity (Wildman–Crippen MR) is 46.0 cm³/mol. The molecule has 0 aliphatic carbocycles. The van der Waals surface area contributed by atoms with Crippen molar-refractivity contribution >= 4 is 29.2 Å². The maximum absolute atomic E-state index is 9.45. The molecule has 1 N–H and O–H groups in total. The molecule has 0 spiro atoms. The van der Waals surface area contributed by atoms with Crippen molar-refractivity contribution in [2.75, 3.05) is 0 Å². The van der Waals surface area contributed by atoms with Gasteiger partial charge < -0.3 is 25.6 Å². The van der Waals surface area contributed by atoms with E-state index in [1.807, 2.05) is 0 Å². The zero-order valence-electron chi connectivity index (χ0n) is 6.31. The molecule has 0 fully saturated rings. The molecule has 0 bridgehead atoms. The van der Waals surface area contributed by atoms with E-state index in [-0.39, 0.29) is 14.9 Å². The van der Waals surface area contributed by atoms with Gasteiger partial charge in [0.25, 0.3) is 0 Å². The van der Waals surface area contributed by atoms with Crippen LogP contribution in [0.15, 0.2) is 6.26 Å². The third-order valence-corrected chi connectivity index (χ3v) is 0.531. The van der Waals surface area contributed by atoms with E-state index in [1.54, 1.807) is 0 Å². The summed E-state index contributed by atoms with van der Waals surface area (Å²) in [7, 11) is 5.40. The number of rotatable bonds is 2. The van der Waals surface area contributed by atoms with E-state index >= 15 is 0 Å². The van der Waals surface area contributed by atoms with E-state index in [0.717, 1.165) is 0 Å². The van der Waals surface area contributed by atoms with Gasteiger partial charge in [0.1, 0.15) is 0 Å². The fourth-order valence-electron chi connectivity index (χ4n) is 0.0702. The molecule has 0 saturated carbocycles. The van der Waals surface area contributed by atoms with Crippen LogP contribution in [0.4, 0.5) is 0 Å². The Morgan fingerprint density at radius 1 is 1.42 bits per heavy atom. The van der Waals surface area contributed by atoms with Crippen LogP contribution in [0.3, 0.4) is 0 Å². The van der Waals surface area contributed by atoms with Crippen molar-refractivity contribution in [1.29, 1.82) is 0 Å². The van der Waals surface area contributed by atoms with Gasteiger partial charge >= 0.3 is 45.7 Å². The van der Waals surface area contributed by atoms with E-state index in [9.17, 15) is 8.42 Å². The number of hydrogen-bond donors (Lipinski definition) is 1. The SMILES string of the molecule is [CH-]=COS(=O)(=O)O.[CH3-].[CH3-].[Cl][Pt][Cl]. The summed E-state index contributed by atoms with van der Waals surface area (Å²) in [5, 5.41) is 0. The van der Waals surface area contributed by atoms with E-state index in [0.29, 0.717) is 6.26 Å². The van der Waals surface area contributed by atoms with Crippen LogP contribution in [0.25, 0.3) is 0 Å². The summed E-state index contributed by atoms with van der Waals surface area (Å²) in [4.78, 5) is 0. The summed E-state index contributed by atoms with van der Waals surface area (Å²) < 4.78 is 30.0. The average molecular weight is 419 g/mol. The Hall–Kier alpha value is 0.718. The fraction of sp³-hybridized carbons (Fsp3) is 0. The van der Waals surface area contributed by atoms with Gasteiger partial charge in [0.15, 0.2) is 0 Å². The Balaban J connectivity index is -0.0000000569. The Morgan fingerprint density at radius 2 is 1.67 bits per heavy atom. The van der Waals surface area contributed by atoms with Crippen LogP contribution in [-0.4, -0.2) is 13.0 Å². The second kappa shape index (κ2) is 14.3. The summed E-state index contributed by atoms with van der Waals surface area (Å²) in [6.45, 7) is 4.43. The van der Waals surface area contributed by atoms with Crippen molar-refractivity contribution in [1.82, 2.24) is 0 Å². The average Bonchev–Trinajstić information content (AvgIpc) is 1.63. The molecule has 0 aromatic rings. The molecule has 0 aromatic heterocycles. The molecule has 4 nitrogen and oxygen atoms in total. The molecule has 0 unspecified atom stereocenters. The van der Waals surface area contributed by atoms with Gasteiger partial charge in [-0.25, -0.2) is 0 Å². The molecular formula is C4H9Cl2O4PtS-3. The van der Waals surface area contributed by atoms with Crippen molar-refractivity contribution in [3.63, 3.8) is 0 Å². The van der Waals surface area contributed by atoms with Crippen molar-refractivity contribution in [3.8, 4) is 0 Å². The van der Waals surface area contributed by atoms with E-state index in [2.05, 4.69) is 10.8 Å². The normalized spacial score (nSPS) is 7.92. The third-order valence-electron chi connectivity index (χ3n) is 0.177. The second-order valence-electron chi connectivity index (χ2n) is 0.705. The van der Waals surface area contributed by atoms with Gasteiger partial charge in [0.2, 0.25) is 0 Å². The van der Waals surface area contributed by atoms with E-state index < -0.39 is 26.9 Å². The van der Waals surface area contributed by atoms with Crippen molar-refractivity contribution in [2.45, 2.75) is 0 Å². The van der Waals surface area contributed by atoms with Crippen LogP contribution in [0.1, 0.15) is 0 Å². The third kappa shape index (κ3) is 45.5. The molecule has 82 valence electrons. The second-order valence-corrected chi connectivity index (χ2v) is 5.04. The van der Waals surface area contributed by atoms with Gasteiger partial charge in [-0.3, -0.25) is 4.55 Å². The Bertz CT molecular complexity index is 170. The quantitative estimate of drug-likeness (QED) is 0.423. The zero-order chi connectivity index (χ0) is 8.62. The van der Waals surface area contributed by atoms with Crippen LogP contribution in [0.2, 0.25) is 0 Å². The minimum absolute atomic E-state index is 0. The first-order valence-electron chi connectivity index (χ1n) is 1.49. The monoisotopic (exact) mass is 418 g/mol. The molecular weight excluding hydrogens is 410 g/mol. The molecule has 0 rings (SSSR count). The maximum atomic E-state index is 9.45. The van der Waals surface area contributed by atoms with Crippen LogP contribution < -0.4 is 0 Å². The molecule has 8 heteroatoms. The first-order chi connectivity index (χ1) is 4.47. The summed E-state index contributed by atoms with van der Waals surface area (Å²) in [6, 6.07) is 0. The summed E-state index contributed by atoms with van der Waals surface area (Å²) in [6.07, 6.45) is 0.370. The standard InChI is InChI=1S/C2H3O4S.2CH3.2ClH.Pt/c1-2-6-7(3,4)5;;;;;/h1-2H,(H,3,4,5);2*1H3;2*1H;/q3*-1;;;+2/p-2. The van der Waals surface area contributed by atoms with Crippen molar-refractivity contribution in [2.24, 2.45) is 0 Å². The van der Waals surface area contributed by atoms with E-state index in [1.165, 1.54) is 0 Å². The molecule has 0 aromatic carbocycles. The Kier molecular flexibility index (Phi) is 27.3. The van der Waals surface area contributed by atoms with Gasteiger partial charge in [-0.05, 0) is 0 Å². The Morgan fingerprint density at radius 3 is 1.67 bits per heavy atom. The molecule has 0 aliphatic rings. The predicted octanol–water partition coefficient (Wildman–Crippen LogP) is 2.03. The molecule has 12 heavy (non-hydrogen) atoms. The minimum atomic E-state index is -4.35. The zero-order valence-corrected chi connectivity index (χ0v) is 10.9. The van der Waals surface area contributed by atoms with Gasteiger partial charge in [0, 0.05) is 0 Å². The van der Waals surface area contributed by atoms with Crippen LogP contribution in [0, 0.1) is 21.4 Å². The van der Waals surface area contributed by atoms with Crippen LogP contribution >= 0.6 is 18.8 Å². The molecule has 0 saturated heterocycles. The first kappa shape index (κ1) is 23.0. The van der Waals surface area contributed by atoms with Crippen LogP contribution in [-0.2, 0) is 31.1 Å². The van der Waals surface area contributed by atoms with Crippen molar-refractivity contribution in [3.05, 3.63) is 27.7 Å². The Labute approximate surface area is 90.2 Å². The summed E-state index contributed by atoms with van der Waals surface area (Å²) >= 11 is -0.472. The summed E-state index contributed by atoms with van der Waals surface area (Å²) in [5.74, 6) is 0. The number of halogens is 2. The van der Waals surface area contributed by atoms with Gasteiger partial charge in [-0.15, -0.1) is 0 Å². The topological polar surface area (TPSA) is 63.6 Å². The summed E-state index contributed by atoms with van der Waals surface area (Å²) in [5.41, 5.74) is 0. The van der Waals surface area contributed by atoms with Gasteiger partial charge in [-0.1, -0.05) is 6.26 Å². The molecule has 0 heterocycles. The van der Waals surface area contributed by atoms with Crippen LogP contribution in [0.5, 0.6) is 0 Å². The fourth-order valence-corrected chi connectivity index (χ4v) is 0.211. The van der Waals surface area contributed by atoms with Gasteiger partial charge in [0.05, 0.1) is 0 Å². The van der Waals surface area contributed by atoms with Gasteiger partial charge in [-0.2, -0.15) is 8.42 Å². The molecule has 0 radical (unpaired) electrons. The van der Waals surface area contributed by atoms with Crippen molar-refractivity contribution < 1.29 is 33.6 Å². The first-order valence-corrected chi connectivity index (χ1v) is 8.49. The molecule has 0 amide bonds. The van der Waals surface area contributed by atoms with E-state index in [4.69, 9.17) is 23.4 Å².